The fourth-order valence-corrected chi connectivity index (χ4v) is 3.85. The standard InChI is InChI=1S/C22H20ClF3N4O2/c23-16-4-6-17(7-5-16)30-20(31)9-8-19(27-30)21(32)29-12-10-28(11-13-29)18-3-1-2-15(14-18)22(24,25)26/h1-7,14H,8-13H2. The average molecular weight is 465 g/mol. The fourth-order valence-electron chi connectivity index (χ4n) is 3.72. The van der Waals surface area contributed by atoms with Crippen LogP contribution >= 0.6 is 11.6 Å². The maximum Gasteiger partial charge on any atom is 0.416 e. The van der Waals surface area contributed by atoms with Crippen LogP contribution in [0.1, 0.15) is 18.4 Å². The number of hydrogen-bond acceptors (Lipinski definition) is 4. The normalized spacial score (nSPS) is 17.4. The first-order chi connectivity index (χ1) is 15.2. The fraction of sp³-hybridized carbons (Fsp3) is 0.318. The Kier molecular flexibility index (Phi) is 6.10. The Morgan fingerprint density at radius 2 is 1.62 bits per heavy atom. The first-order valence-electron chi connectivity index (χ1n) is 10.1. The van der Waals surface area contributed by atoms with Crippen molar-refractivity contribution in [2.24, 2.45) is 5.10 Å². The van der Waals surface area contributed by atoms with Crippen molar-refractivity contribution >= 4 is 40.5 Å². The number of rotatable bonds is 3. The lowest BCUT2D eigenvalue weighted by atomic mass is 10.1. The Labute approximate surface area is 187 Å². The zero-order valence-corrected chi connectivity index (χ0v) is 17.7. The van der Waals surface area contributed by atoms with Crippen LogP contribution in [0.4, 0.5) is 24.5 Å². The minimum atomic E-state index is -4.40. The Bertz CT molecular complexity index is 1050. The van der Waals surface area contributed by atoms with E-state index in [1.807, 2.05) is 4.90 Å². The van der Waals surface area contributed by atoms with Crippen LogP contribution < -0.4 is 9.91 Å². The summed E-state index contributed by atoms with van der Waals surface area (Å²) in [7, 11) is 0. The molecule has 0 spiro atoms. The molecule has 0 saturated carbocycles. The first kappa shape index (κ1) is 22.1. The van der Waals surface area contributed by atoms with Gasteiger partial charge in [0, 0.05) is 49.7 Å². The molecular formula is C22H20ClF3N4O2. The molecular weight excluding hydrogens is 445 g/mol. The van der Waals surface area contributed by atoms with E-state index in [-0.39, 0.29) is 30.4 Å². The van der Waals surface area contributed by atoms with Crippen LogP contribution in [0.5, 0.6) is 0 Å². The number of hydrazone groups is 1. The van der Waals surface area contributed by atoms with Crippen LogP contribution in [0.25, 0.3) is 0 Å². The molecule has 2 aliphatic heterocycles. The predicted octanol–water partition coefficient (Wildman–Crippen LogP) is 4.19. The van der Waals surface area contributed by atoms with Gasteiger partial charge in [-0.2, -0.15) is 18.3 Å². The van der Waals surface area contributed by atoms with Crippen LogP contribution in [0, 0.1) is 0 Å². The Morgan fingerprint density at radius 1 is 0.938 bits per heavy atom. The van der Waals surface area contributed by atoms with Crippen molar-refractivity contribution in [3.8, 4) is 0 Å². The molecule has 2 heterocycles. The molecule has 2 aliphatic rings. The zero-order valence-electron chi connectivity index (χ0n) is 17.0. The van der Waals surface area contributed by atoms with Gasteiger partial charge in [0.05, 0.1) is 11.3 Å². The average Bonchev–Trinajstić information content (AvgIpc) is 2.79. The van der Waals surface area contributed by atoms with E-state index in [9.17, 15) is 22.8 Å². The van der Waals surface area contributed by atoms with Crippen molar-refractivity contribution in [3.05, 3.63) is 59.1 Å². The van der Waals surface area contributed by atoms with Crippen molar-refractivity contribution in [1.29, 1.82) is 0 Å². The first-order valence-corrected chi connectivity index (χ1v) is 10.5. The highest BCUT2D eigenvalue weighted by Gasteiger charge is 2.32. The lowest BCUT2D eigenvalue weighted by Crippen LogP contribution is -2.51. The van der Waals surface area contributed by atoms with Gasteiger partial charge in [-0.3, -0.25) is 9.59 Å². The van der Waals surface area contributed by atoms with Gasteiger partial charge < -0.3 is 9.80 Å². The highest BCUT2D eigenvalue weighted by molar-refractivity contribution is 6.40. The van der Waals surface area contributed by atoms with E-state index in [4.69, 9.17) is 11.6 Å². The van der Waals surface area contributed by atoms with Crippen LogP contribution in [0.15, 0.2) is 53.6 Å². The largest absolute Gasteiger partial charge is 0.416 e. The number of alkyl halides is 3. The summed E-state index contributed by atoms with van der Waals surface area (Å²) >= 11 is 5.89. The van der Waals surface area contributed by atoms with Gasteiger partial charge in [0.25, 0.3) is 5.91 Å². The Morgan fingerprint density at radius 3 is 2.28 bits per heavy atom. The Hall–Kier alpha value is -3.07. The van der Waals surface area contributed by atoms with E-state index in [1.54, 1.807) is 35.2 Å². The second-order valence-corrected chi connectivity index (χ2v) is 7.99. The molecule has 10 heteroatoms. The van der Waals surface area contributed by atoms with Gasteiger partial charge in [-0.05, 0) is 42.5 Å². The lowest BCUT2D eigenvalue weighted by Gasteiger charge is -2.37. The van der Waals surface area contributed by atoms with Gasteiger partial charge in [-0.25, -0.2) is 5.01 Å². The number of piperazine rings is 1. The van der Waals surface area contributed by atoms with Gasteiger partial charge in [0.15, 0.2) is 0 Å². The van der Waals surface area contributed by atoms with Gasteiger partial charge in [-0.1, -0.05) is 17.7 Å². The summed E-state index contributed by atoms with van der Waals surface area (Å²) in [6.45, 7) is 1.51. The summed E-state index contributed by atoms with van der Waals surface area (Å²) in [6, 6.07) is 11.8. The molecule has 0 atom stereocenters. The van der Waals surface area contributed by atoms with E-state index in [0.29, 0.717) is 42.6 Å². The van der Waals surface area contributed by atoms with Crippen molar-refractivity contribution in [2.45, 2.75) is 19.0 Å². The van der Waals surface area contributed by atoms with Gasteiger partial charge >= 0.3 is 6.18 Å². The molecule has 4 rings (SSSR count). The zero-order chi connectivity index (χ0) is 22.9. The molecule has 0 aromatic heterocycles. The van der Waals surface area contributed by atoms with E-state index in [1.165, 1.54) is 11.1 Å². The van der Waals surface area contributed by atoms with E-state index in [2.05, 4.69) is 5.10 Å². The van der Waals surface area contributed by atoms with Crippen LogP contribution in [0.2, 0.25) is 5.02 Å². The summed E-state index contributed by atoms with van der Waals surface area (Å²) in [4.78, 5) is 28.7. The van der Waals surface area contributed by atoms with Crippen LogP contribution in [-0.4, -0.2) is 48.6 Å². The highest BCUT2D eigenvalue weighted by Crippen LogP contribution is 2.32. The molecule has 0 unspecified atom stereocenters. The molecule has 0 aliphatic carbocycles. The predicted molar refractivity (Wildman–Crippen MR) is 116 cm³/mol. The topological polar surface area (TPSA) is 56.2 Å². The molecule has 6 nitrogen and oxygen atoms in total. The summed E-state index contributed by atoms with van der Waals surface area (Å²) in [5.41, 5.74) is 0.587. The molecule has 2 aromatic rings. The van der Waals surface area contributed by atoms with Gasteiger partial charge in [0.1, 0.15) is 5.71 Å². The van der Waals surface area contributed by atoms with Crippen molar-refractivity contribution in [3.63, 3.8) is 0 Å². The summed E-state index contributed by atoms with van der Waals surface area (Å²) < 4.78 is 39.0. The molecule has 168 valence electrons. The SMILES string of the molecule is O=C(C1=NN(c2ccc(Cl)cc2)C(=O)CC1)N1CCN(c2cccc(C(F)(F)F)c2)CC1. The maximum absolute atomic E-state index is 13.0. The molecule has 0 N–H and O–H groups in total. The number of hydrogen-bond donors (Lipinski definition) is 0. The number of carbonyl (C=O) groups is 2. The maximum atomic E-state index is 13.0. The number of nitrogens with zero attached hydrogens (tertiary/aromatic N) is 4. The van der Waals surface area contributed by atoms with Crippen molar-refractivity contribution < 1.29 is 22.8 Å². The van der Waals surface area contributed by atoms with Crippen LogP contribution in [0.3, 0.4) is 0 Å². The van der Waals surface area contributed by atoms with Gasteiger partial charge in [0.2, 0.25) is 5.91 Å². The number of halogens is 4. The van der Waals surface area contributed by atoms with Crippen molar-refractivity contribution in [1.82, 2.24) is 4.90 Å². The third-order valence-corrected chi connectivity index (χ3v) is 5.71. The van der Waals surface area contributed by atoms with E-state index >= 15 is 0 Å². The number of carbonyl (C=O) groups excluding carboxylic acids is 2. The summed E-state index contributed by atoms with van der Waals surface area (Å²) in [6.07, 6.45) is -3.99. The summed E-state index contributed by atoms with van der Waals surface area (Å²) in [5.74, 6) is -0.474. The van der Waals surface area contributed by atoms with Crippen LogP contribution in [-0.2, 0) is 15.8 Å². The number of benzene rings is 2. The highest BCUT2D eigenvalue weighted by atomic mass is 35.5. The number of anilines is 2. The van der Waals surface area contributed by atoms with E-state index < -0.39 is 11.7 Å². The number of amides is 2. The molecule has 0 bridgehead atoms. The minimum Gasteiger partial charge on any atom is -0.368 e. The molecule has 2 aromatic carbocycles. The second-order valence-electron chi connectivity index (χ2n) is 7.56. The third kappa shape index (κ3) is 4.72. The summed E-state index contributed by atoms with van der Waals surface area (Å²) in [5, 5.41) is 6.02. The third-order valence-electron chi connectivity index (χ3n) is 5.46. The lowest BCUT2D eigenvalue weighted by molar-refractivity contribution is -0.137. The minimum absolute atomic E-state index is 0.164. The molecule has 32 heavy (non-hydrogen) atoms. The molecule has 1 saturated heterocycles. The quantitative estimate of drug-likeness (QED) is 0.684. The molecule has 2 amide bonds. The molecule has 0 radical (unpaired) electrons. The second kappa shape index (κ2) is 8.82. The Balaban J connectivity index is 1.43. The van der Waals surface area contributed by atoms with Crippen molar-refractivity contribution in [2.75, 3.05) is 36.1 Å². The smallest absolute Gasteiger partial charge is 0.368 e. The monoisotopic (exact) mass is 464 g/mol. The van der Waals surface area contributed by atoms with E-state index in [0.717, 1.165) is 12.1 Å². The molecule has 1 fully saturated rings. The van der Waals surface area contributed by atoms with Gasteiger partial charge in [-0.15, -0.1) is 0 Å².